The molecule has 4 nitrogen and oxygen atoms in total. The van der Waals surface area contributed by atoms with Gasteiger partial charge in [-0.3, -0.25) is 4.79 Å². The molecular weight excluding hydrogens is 180 g/mol. The fraction of sp³-hybridized carbons (Fsp3) is 0.900. The van der Waals surface area contributed by atoms with Gasteiger partial charge in [0.2, 0.25) is 5.91 Å². The molecule has 1 rings (SSSR count). The van der Waals surface area contributed by atoms with Gasteiger partial charge in [-0.2, -0.15) is 0 Å². The van der Waals surface area contributed by atoms with Crippen molar-refractivity contribution in [2.45, 2.75) is 32.3 Å². The Labute approximate surface area is 85.1 Å². The first kappa shape index (κ1) is 11.5. The molecule has 2 unspecified atom stereocenters. The van der Waals surface area contributed by atoms with Crippen LogP contribution in [-0.2, 0) is 4.79 Å². The lowest BCUT2D eigenvalue weighted by Gasteiger charge is -2.22. The number of hydrogen-bond donors (Lipinski definition) is 3. The third-order valence-corrected chi connectivity index (χ3v) is 2.65. The van der Waals surface area contributed by atoms with E-state index < -0.39 is 6.10 Å². The molecular formula is C10H20N2O2. The van der Waals surface area contributed by atoms with Crippen molar-refractivity contribution < 1.29 is 9.90 Å². The number of piperidine rings is 1. The van der Waals surface area contributed by atoms with Gasteiger partial charge in [-0.1, -0.05) is 6.92 Å². The molecule has 0 aromatic rings. The molecule has 0 saturated carbocycles. The third-order valence-electron chi connectivity index (χ3n) is 2.65. The molecule has 1 aliphatic heterocycles. The predicted octanol–water partition coefficient (Wildman–Crippen LogP) is -0.127. The lowest BCUT2D eigenvalue weighted by atomic mass is 9.99. The molecule has 0 spiro atoms. The van der Waals surface area contributed by atoms with E-state index in [2.05, 4.69) is 10.6 Å². The van der Waals surface area contributed by atoms with Crippen LogP contribution < -0.4 is 10.6 Å². The summed E-state index contributed by atoms with van der Waals surface area (Å²) in [7, 11) is 0. The molecule has 0 aliphatic carbocycles. The van der Waals surface area contributed by atoms with Crippen molar-refractivity contribution in [2.24, 2.45) is 5.92 Å². The van der Waals surface area contributed by atoms with E-state index in [1.807, 2.05) is 6.92 Å². The van der Waals surface area contributed by atoms with Crippen molar-refractivity contribution in [3.8, 4) is 0 Å². The van der Waals surface area contributed by atoms with Gasteiger partial charge in [0.25, 0.3) is 0 Å². The minimum Gasteiger partial charge on any atom is -0.391 e. The number of carbonyl (C=O) groups is 1. The van der Waals surface area contributed by atoms with Crippen LogP contribution in [0.5, 0.6) is 0 Å². The standard InChI is InChI=1S/C10H20N2O2/c1-2-9(13)7-12-10(14)8-4-3-5-11-6-8/h8-9,11,13H,2-7H2,1H3,(H,12,14). The van der Waals surface area contributed by atoms with Crippen LogP contribution >= 0.6 is 0 Å². The molecule has 1 saturated heterocycles. The summed E-state index contributed by atoms with van der Waals surface area (Å²) in [5.74, 6) is 0.164. The first-order valence-corrected chi connectivity index (χ1v) is 5.40. The second-order valence-electron chi connectivity index (χ2n) is 3.85. The second kappa shape index (κ2) is 5.98. The Morgan fingerprint density at radius 2 is 2.50 bits per heavy atom. The van der Waals surface area contributed by atoms with E-state index in [4.69, 9.17) is 0 Å². The zero-order valence-corrected chi connectivity index (χ0v) is 8.75. The molecule has 2 atom stereocenters. The van der Waals surface area contributed by atoms with Gasteiger partial charge in [-0.05, 0) is 25.8 Å². The van der Waals surface area contributed by atoms with Crippen LogP contribution in [0.15, 0.2) is 0 Å². The average molecular weight is 200 g/mol. The van der Waals surface area contributed by atoms with Crippen LogP contribution in [0.1, 0.15) is 26.2 Å². The molecule has 0 aromatic heterocycles. The maximum atomic E-state index is 11.6. The van der Waals surface area contributed by atoms with Crippen LogP contribution in [-0.4, -0.2) is 36.8 Å². The minimum atomic E-state index is -0.407. The predicted molar refractivity (Wildman–Crippen MR) is 54.9 cm³/mol. The van der Waals surface area contributed by atoms with E-state index in [0.717, 1.165) is 25.9 Å². The van der Waals surface area contributed by atoms with Crippen molar-refractivity contribution in [1.29, 1.82) is 0 Å². The van der Waals surface area contributed by atoms with Crippen LogP contribution in [0, 0.1) is 5.92 Å². The lowest BCUT2D eigenvalue weighted by molar-refractivity contribution is -0.125. The van der Waals surface area contributed by atoms with Gasteiger partial charge in [0.15, 0.2) is 0 Å². The Morgan fingerprint density at radius 3 is 3.07 bits per heavy atom. The summed E-state index contributed by atoms with van der Waals surface area (Å²) in [6.07, 6.45) is 2.30. The van der Waals surface area contributed by atoms with E-state index in [1.165, 1.54) is 0 Å². The molecule has 0 aromatic carbocycles. The molecule has 14 heavy (non-hydrogen) atoms. The average Bonchev–Trinajstić information content (AvgIpc) is 2.26. The SMILES string of the molecule is CCC(O)CNC(=O)C1CCCNC1. The summed E-state index contributed by atoms with van der Waals surface area (Å²) in [6, 6.07) is 0. The number of rotatable bonds is 4. The van der Waals surface area contributed by atoms with E-state index in [1.54, 1.807) is 0 Å². The minimum absolute atomic E-state index is 0.0738. The Morgan fingerprint density at radius 1 is 1.71 bits per heavy atom. The molecule has 0 bridgehead atoms. The van der Waals surface area contributed by atoms with Crippen LogP contribution in [0.4, 0.5) is 0 Å². The summed E-state index contributed by atoms with van der Waals surface area (Å²) < 4.78 is 0. The summed E-state index contributed by atoms with van der Waals surface area (Å²) in [6.45, 7) is 4.07. The van der Waals surface area contributed by atoms with Crippen LogP contribution in [0.2, 0.25) is 0 Å². The van der Waals surface area contributed by atoms with Crippen molar-refractivity contribution in [3.63, 3.8) is 0 Å². The van der Waals surface area contributed by atoms with Gasteiger partial charge in [-0.15, -0.1) is 0 Å². The molecule has 1 heterocycles. The van der Waals surface area contributed by atoms with Gasteiger partial charge >= 0.3 is 0 Å². The number of aliphatic hydroxyl groups excluding tert-OH is 1. The van der Waals surface area contributed by atoms with Crippen molar-refractivity contribution in [1.82, 2.24) is 10.6 Å². The quantitative estimate of drug-likeness (QED) is 0.592. The third kappa shape index (κ3) is 3.64. The maximum Gasteiger partial charge on any atom is 0.224 e. The highest BCUT2D eigenvalue weighted by Gasteiger charge is 2.20. The Balaban J connectivity index is 2.19. The summed E-state index contributed by atoms with van der Waals surface area (Å²) in [4.78, 5) is 11.6. The van der Waals surface area contributed by atoms with Crippen molar-refractivity contribution in [2.75, 3.05) is 19.6 Å². The summed E-state index contributed by atoms with van der Waals surface area (Å²) >= 11 is 0. The largest absolute Gasteiger partial charge is 0.391 e. The van der Waals surface area contributed by atoms with Gasteiger partial charge in [0, 0.05) is 13.1 Å². The first-order valence-electron chi connectivity index (χ1n) is 5.40. The fourth-order valence-electron chi connectivity index (χ4n) is 1.58. The highest BCUT2D eigenvalue weighted by atomic mass is 16.3. The van der Waals surface area contributed by atoms with Crippen LogP contribution in [0.25, 0.3) is 0 Å². The topological polar surface area (TPSA) is 61.4 Å². The number of hydrogen-bond acceptors (Lipinski definition) is 3. The normalized spacial score (nSPS) is 24.3. The fourth-order valence-corrected chi connectivity index (χ4v) is 1.58. The summed E-state index contributed by atoms with van der Waals surface area (Å²) in [5.41, 5.74) is 0. The van der Waals surface area contributed by atoms with Gasteiger partial charge in [0.05, 0.1) is 12.0 Å². The number of aliphatic hydroxyl groups is 1. The van der Waals surface area contributed by atoms with Crippen molar-refractivity contribution >= 4 is 5.91 Å². The first-order chi connectivity index (χ1) is 6.74. The molecule has 4 heteroatoms. The number of amides is 1. The van der Waals surface area contributed by atoms with Crippen LogP contribution in [0.3, 0.4) is 0 Å². The second-order valence-corrected chi connectivity index (χ2v) is 3.85. The van der Waals surface area contributed by atoms with E-state index in [9.17, 15) is 9.90 Å². The molecule has 1 aliphatic rings. The van der Waals surface area contributed by atoms with Gasteiger partial charge < -0.3 is 15.7 Å². The van der Waals surface area contributed by atoms with Crippen molar-refractivity contribution in [3.05, 3.63) is 0 Å². The highest BCUT2D eigenvalue weighted by Crippen LogP contribution is 2.09. The zero-order valence-electron chi connectivity index (χ0n) is 8.75. The molecule has 1 fully saturated rings. The number of nitrogens with one attached hydrogen (secondary N) is 2. The Hall–Kier alpha value is -0.610. The highest BCUT2D eigenvalue weighted by molar-refractivity contribution is 5.78. The molecule has 1 amide bonds. The Kier molecular flexibility index (Phi) is 4.90. The maximum absolute atomic E-state index is 11.6. The summed E-state index contributed by atoms with van der Waals surface area (Å²) in [5, 5.41) is 15.2. The lowest BCUT2D eigenvalue weighted by Crippen LogP contribution is -2.42. The van der Waals surface area contributed by atoms with Gasteiger partial charge in [0.1, 0.15) is 0 Å². The smallest absolute Gasteiger partial charge is 0.224 e. The molecule has 3 N–H and O–H groups in total. The van der Waals surface area contributed by atoms with E-state index >= 15 is 0 Å². The van der Waals surface area contributed by atoms with Gasteiger partial charge in [-0.25, -0.2) is 0 Å². The molecule has 0 radical (unpaired) electrons. The van der Waals surface area contributed by atoms with E-state index in [0.29, 0.717) is 13.0 Å². The molecule has 82 valence electrons. The zero-order chi connectivity index (χ0) is 10.4. The monoisotopic (exact) mass is 200 g/mol. The van der Waals surface area contributed by atoms with E-state index in [-0.39, 0.29) is 11.8 Å². The number of carbonyl (C=O) groups excluding carboxylic acids is 1. The Bertz CT molecular complexity index is 179.